The zero-order valence-corrected chi connectivity index (χ0v) is 11.1. The first-order valence-electron chi connectivity index (χ1n) is 5.79. The van der Waals surface area contributed by atoms with Crippen LogP contribution in [-0.2, 0) is 11.8 Å². The molecule has 0 saturated carbocycles. The second kappa shape index (κ2) is 5.78. The van der Waals surface area contributed by atoms with Gasteiger partial charge in [-0.1, -0.05) is 17.7 Å². The van der Waals surface area contributed by atoms with Crippen LogP contribution in [0.15, 0.2) is 58.3 Å². The molecule has 0 saturated heterocycles. The normalized spacial score (nSPS) is 10.2. The van der Waals surface area contributed by atoms with Crippen molar-refractivity contribution in [3.63, 3.8) is 0 Å². The van der Waals surface area contributed by atoms with Crippen LogP contribution < -0.4 is 4.74 Å². The quantitative estimate of drug-likeness (QED) is 0.590. The SMILES string of the molecule is CCOc1ccc([SH+]c2ccc(C)cc2)cc1. The third kappa shape index (κ3) is 3.53. The van der Waals surface area contributed by atoms with E-state index < -0.39 is 0 Å². The molecule has 0 aliphatic rings. The third-order valence-electron chi connectivity index (χ3n) is 2.44. The maximum absolute atomic E-state index is 5.42. The van der Waals surface area contributed by atoms with Gasteiger partial charge in [0.05, 0.1) is 6.61 Å². The third-order valence-corrected chi connectivity index (χ3v) is 3.55. The summed E-state index contributed by atoms with van der Waals surface area (Å²) in [5.41, 5.74) is 1.30. The maximum Gasteiger partial charge on any atom is 0.158 e. The molecule has 0 unspecified atom stereocenters. The number of rotatable bonds is 4. The van der Waals surface area contributed by atoms with Crippen LogP contribution in [0.4, 0.5) is 0 Å². The number of hydrogen-bond donors (Lipinski definition) is 0. The second-order valence-electron chi connectivity index (χ2n) is 3.87. The summed E-state index contributed by atoms with van der Waals surface area (Å²) in [7, 11) is 0. The lowest BCUT2D eigenvalue weighted by atomic mass is 10.2. The van der Waals surface area contributed by atoms with Crippen molar-refractivity contribution in [3.05, 3.63) is 54.1 Å². The second-order valence-corrected chi connectivity index (χ2v) is 5.13. The fourth-order valence-electron chi connectivity index (χ4n) is 1.55. The fraction of sp³-hybridized carbons (Fsp3) is 0.200. The average molecular weight is 245 g/mol. The van der Waals surface area contributed by atoms with Gasteiger partial charge in [0, 0.05) is 11.8 Å². The smallest absolute Gasteiger partial charge is 0.158 e. The highest BCUT2D eigenvalue weighted by Gasteiger charge is 2.06. The van der Waals surface area contributed by atoms with Crippen LogP contribution >= 0.6 is 0 Å². The van der Waals surface area contributed by atoms with Crippen molar-refractivity contribution in [3.8, 4) is 5.75 Å². The number of ether oxygens (including phenoxy) is 1. The Morgan fingerprint density at radius 3 is 1.94 bits per heavy atom. The summed E-state index contributed by atoms with van der Waals surface area (Å²) >= 11 is 1.24. The zero-order chi connectivity index (χ0) is 12.1. The van der Waals surface area contributed by atoms with Crippen LogP contribution in [0.25, 0.3) is 0 Å². The summed E-state index contributed by atoms with van der Waals surface area (Å²) in [4.78, 5) is 2.61. The molecule has 17 heavy (non-hydrogen) atoms. The predicted molar refractivity (Wildman–Crippen MR) is 74.1 cm³/mol. The Kier molecular flexibility index (Phi) is 4.10. The minimum atomic E-state index is 0.717. The zero-order valence-electron chi connectivity index (χ0n) is 10.2. The standard InChI is InChI=1S/C15H16OS/c1-3-16-13-6-10-15(11-7-13)17-14-8-4-12(2)5-9-14/h4-11H,3H2,1-2H3/p+1. The van der Waals surface area contributed by atoms with E-state index in [4.69, 9.17) is 4.74 Å². The topological polar surface area (TPSA) is 9.23 Å². The molecule has 2 rings (SSSR count). The molecular weight excluding hydrogens is 228 g/mol. The molecule has 0 bridgehead atoms. The van der Waals surface area contributed by atoms with Crippen LogP contribution in [0.2, 0.25) is 0 Å². The first-order valence-corrected chi connectivity index (χ1v) is 6.68. The van der Waals surface area contributed by atoms with Gasteiger partial charge < -0.3 is 4.74 Å². The summed E-state index contributed by atoms with van der Waals surface area (Å²) in [6.45, 7) is 4.82. The Bertz CT molecular complexity index is 459. The monoisotopic (exact) mass is 245 g/mol. The molecule has 0 radical (unpaired) electrons. The van der Waals surface area contributed by atoms with E-state index >= 15 is 0 Å². The molecule has 0 amide bonds. The molecule has 0 spiro atoms. The summed E-state index contributed by atoms with van der Waals surface area (Å²) in [5.74, 6) is 0.940. The van der Waals surface area contributed by atoms with E-state index in [1.807, 2.05) is 19.1 Å². The van der Waals surface area contributed by atoms with Crippen LogP contribution in [0.1, 0.15) is 12.5 Å². The highest BCUT2D eigenvalue weighted by molar-refractivity contribution is 7.78. The van der Waals surface area contributed by atoms with Gasteiger partial charge in [-0.15, -0.1) is 0 Å². The lowest BCUT2D eigenvalue weighted by molar-refractivity contribution is 0.340. The Labute approximate surface area is 107 Å². The summed E-state index contributed by atoms with van der Waals surface area (Å²) in [6, 6.07) is 16.9. The molecule has 0 atom stereocenters. The molecule has 0 aromatic heterocycles. The first-order chi connectivity index (χ1) is 8.28. The van der Waals surface area contributed by atoms with Crippen LogP contribution in [-0.4, -0.2) is 6.61 Å². The molecule has 0 heterocycles. The van der Waals surface area contributed by atoms with Gasteiger partial charge in [-0.05, 0) is 50.2 Å². The number of aryl methyl sites for hydroxylation is 1. The molecule has 0 fully saturated rings. The van der Waals surface area contributed by atoms with E-state index in [0.29, 0.717) is 0 Å². The van der Waals surface area contributed by atoms with E-state index in [1.165, 1.54) is 27.1 Å². The molecule has 2 aromatic rings. The van der Waals surface area contributed by atoms with Crippen LogP contribution in [0.3, 0.4) is 0 Å². The molecular formula is C15H17OS+. The van der Waals surface area contributed by atoms with E-state index in [9.17, 15) is 0 Å². The molecule has 2 aromatic carbocycles. The number of benzene rings is 2. The Morgan fingerprint density at radius 2 is 1.41 bits per heavy atom. The van der Waals surface area contributed by atoms with Gasteiger partial charge >= 0.3 is 0 Å². The minimum Gasteiger partial charge on any atom is -0.494 e. The van der Waals surface area contributed by atoms with Gasteiger partial charge in [-0.3, -0.25) is 0 Å². The molecule has 1 nitrogen and oxygen atoms in total. The highest BCUT2D eigenvalue weighted by atomic mass is 32.2. The predicted octanol–water partition coefficient (Wildman–Crippen LogP) is 3.63. The lowest BCUT2D eigenvalue weighted by Gasteiger charge is -2.01. The van der Waals surface area contributed by atoms with E-state index in [0.717, 1.165) is 12.4 Å². The maximum atomic E-state index is 5.42. The van der Waals surface area contributed by atoms with Crippen molar-refractivity contribution in [2.45, 2.75) is 23.6 Å². The summed E-state index contributed by atoms with van der Waals surface area (Å²) in [6.07, 6.45) is 0. The van der Waals surface area contributed by atoms with Crippen molar-refractivity contribution < 1.29 is 4.74 Å². The van der Waals surface area contributed by atoms with E-state index in [-0.39, 0.29) is 0 Å². The van der Waals surface area contributed by atoms with Gasteiger partial charge in [-0.25, -0.2) is 0 Å². The van der Waals surface area contributed by atoms with Crippen LogP contribution in [0, 0.1) is 6.92 Å². The van der Waals surface area contributed by atoms with Gasteiger partial charge in [0.2, 0.25) is 0 Å². The minimum absolute atomic E-state index is 0.717. The Hall–Kier alpha value is -1.41. The van der Waals surface area contributed by atoms with Gasteiger partial charge in [0.1, 0.15) is 5.75 Å². The Morgan fingerprint density at radius 1 is 0.882 bits per heavy atom. The van der Waals surface area contributed by atoms with Crippen molar-refractivity contribution in [1.29, 1.82) is 0 Å². The molecule has 0 aliphatic carbocycles. The molecule has 0 aliphatic heterocycles. The molecule has 88 valence electrons. The van der Waals surface area contributed by atoms with Crippen molar-refractivity contribution in [2.75, 3.05) is 6.61 Å². The highest BCUT2D eigenvalue weighted by Crippen LogP contribution is 2.17. The fourth-order valence-corrected chi connectivity index (χ4v) is 2.45. The summed E-state index contributed by atoms with van der Waals surface area (Å²) < 4.78 is 5.42. The van der Waals surface area contributed by atoms with E-state index in [2.05, 4.69) is 43.3 Å². The largest absolute Gasteiger partial charge is 0.494 e. The van der Waals surface area contributed by atoms with Crippen LogP contribution in [0.5, 0.6) is 5.75 Å². The van der Waals surface area contributed by atoms with Gasteiger partial charge in [-0.2, -0.15) is 0 Å². The van der Waals surface area contributed by atoms with Gasteiger partial charge in [0.15, 0.2) is 9.79 Å². The lowest BCUT2D eigenvalue weighted by Crippen LogP contribution is -1.91. The van der Waals surface area contributed by atoms with Crippen molar-refractivity contribution in [2.24, 2.45) is 0 Å². The molecule has 2 heteroatoms. The van der Waals surface area contributed by atoms with Gasteiger partial charge in [0.25, 0.3) is 0 Å². The first kappa shape index (κ1) is 12.1. The van der Waals surface area contributed by atoms with Crippen molar-refractivity contribution >= 4 is 11.8 Å². The van der Waals surface area contributed by atoms with E-state index in [1.54, 1.807) is 0 Å². The summed E-state index contributed by atoms with van der Waals surface area (Å²) in [5, 5.41) is 0. The van der Waals surface area contributed by atoms with Crippen molar-refractivity contribution in [1.82, 2.24) is 0 Å². The molecule has 0 N–H and O–H groups in total. The Balaban J connectivity index is 2.05. The number of thiol groups is 1. The average Bonchev–Trinajstić information content (AvgIpc) is 2.35. The number of hydrogen-bond acceptors (Lipinski definition) is 1.